The van der Waals surface area contributed by atoms with Crippen molar-refractivity contribution < 1.29 is 9.53 Å². The van der Waals surface area contributed by atoms with E-state index < -0.39 is 6.09 Å². The maximum absolute atomic E-state index is 11.2. The van der Waals surface area contributed by atoms with Crippen molar-refractivity contribution in [1.29, 1.82) is 0 Å². The number of aryl methyl sites for hydroxylation is 1. The minimum atomic E-state index is -0.470. The van der Waals surface area contributed by atoms with Crippen molar-refractivity contribution in [1.82, 2.24) is 4.57 Å². The fourth-order valence-corrected chi connectivity index (χ4v) is 1.99. The van der Waals surface area contributed by atoms with Crippen LogP contribution in [0.5, 0.6) is 0 Å². The summed E-state index contributed by atoms with van der Waals surface area (Å²) in [5, 5.41) is 5.98. The van der Waals surface area contributed by atoms with Gasteiger partial charge >= 0.3 is 6.09 Å². The molecule has 2 N–H and O–H groups in total. The predicted octanol–water partition coefficient (Wildman–Crippen LogP) is 3.30. The van der Waals surface area contributed by atoms with Gasteiger partial charge in [0.1, 0.15) is 0 Å². The molecule has 5 nitrogen and oxygen atoms in total. The minimum absolute atomic E-state index is 0.470. The number of hydrogen-bond acceptors (Lipinski definition) is 3. The van der Waals surface area contributed by atoms with Crippen LogP contribution in [-0.4, -0.2) is 17.8 Å². The van der Waals surface area contributed by atoms with Gasteiger partial charge in [0.25, 0.3) is 0 Å². The summed E-state index contributed by atoms with van der Waals surface area (Å²) in [6.45, 7) is 3.81. The first-order valence-corrected chi connectivity index (χ1v) is 6.56. The van der Waals surface area contributed by atoms with E-state index in [1.807, 2.05) is 30.3 Å². The molecule has 1 amide bonds. The lowest BCUT2D eigenvalue weighted by molar-refractivity contribution is 0.187. The van der Waals surface area contributed by atoms with E-state index in [1.54, 1.807) is 0 Å². The van der Waals surface area contributed by atoms with Crippen LogP contribution in [0.15, 0.2) is 42.6 Å². The number of nitrogens with one attached hydrogen (secondary N) is 2. The van der Waals surface area contributed by atoms with E-state index in [9.17, 15) is 4.79 Å². The van der Waals surface area contributed by atoms with Crippen molar-refractivity contribution in [2.45, 2.75) is 20.0 Å². The molecule has 0 atom stereocenters. The molecule has 0 radical (unpaired) electrons. The van der Waals surface area contributed by atoms with Crippen LogP contribution in [0.1, 0.15) is 12.6 Å². The topological polar surface area (TPSA) is 55.3 Å². The Hall–Kier alpha value is -2.43. The van der Waals surface area contributed by atoms with Crippen molar-refractivity contribution in [3.8, 4) is 0 Å². The molecule has 0 saturated carbocycles. The summed E-state index contributed by atoms with van der Waals surface area (Å²) >= 11 is 0. The SMILES string of the molecule is CCn1cccc1CNc1cccc(NC(=O)OC)c1. The fourth-order valence-electron chi connectivity index (χ4n) is 1.99. The highest BCUT2D eigenvalue weighted by molar-refractivity contribution is 5.85. The summed E-state index contributed by atoms with van der Waals surface area (Å²) in [5.41, 5.74) is 2.87. The standard InChI is InChI=1S/C15H19N3O2/c1-3-18-9-5-8-14(18)11-16-12-6-4-7-13(10-12)17-15(19)20-2/h4-10,16H,3,11H2,1-2H3,(H,17,19). The van der Waals surface area contributed by atoms with Crippen LogP contribution in [0.25, 0.3) is 0 Å². The third-order valence-corrected chi connectivity index (χ3v) is 3.03. The molecule has 0 aliphatic rings. The van der Waals surface area contributed by atoms with Crippen molar-refractivity contribution in [3.05, 3.63) is 48.3 Å². The zero-order valence-electron chi connectivity index (χ0n) is 11.7. The minimum Gasteiger partial charge on any atom is -0.453 e. The van der Waals surface area contributed by atoms with Gasteiger partial charge in [-0.3, -0.25) is 5.32 Å². The van der Waals surface area contributed by atoms with E-state index in [1.165, 1.54) is 12.8 Å². The highest BCUT2D eigenvalue weighted by Gasteiger charge is 2.02. The number of rotatable bonds is 5. The number of carbonyl (C=O) groups excluding carboxylic acids is 1. The lowest BCUT2D eigenvalue weighted by Crippen LogP contribution is -2.11. The van der Waals surface area contributed by atoms with Crippen LogP contribution < -0.4 is 10.6 Å². The van der Waals surface area contributed by atoms with Gasteiger partial charge in [-0.15, -0.1) is 0 Å². The molecule has 2 rings (SSSR count). The van der Waals surface area contributed by atoms with Gasteiger partial charge in [0, 0.05) is 29.8 Å². The van der Waals surface area contributed by atoms with Crippen LogP contribution in [0.2, 0.25) is 0 Å². The van der Waals surface area contributed by atoms with Crippen molar-refractivity contribution in [2.24, 2.45) is 0 Å². The Morgan fingerprint density at radius 1 is 1.25 bits per heavy atom. The van der Waals surface area contributed by atoms with Gasteiger partial charge in [0.05, 0.1) is 13.7 Å². The molecule has 1 aromatic carbocycles. The third-order valence-electron chi connectivity index (χ3n) is 3.03. The van der Waals surface area contributed by atoms with Crippen LogP contribution in [-0.2, 0) is 17.8 Å². The Labute approximate surface area is 118 Å². The van der Waals surface area contributed by atoms with Crippen molar-refractivity contribution >= 4 is 17.5 Å². The van der Waals surface area contributed by atoms with E-state index in [2.05, 4.69) is 39.1 Å². The largest absolute Gasteiger partial charge is 0.453 e. The fraction of sp³-hybridized carbons (Fsp3) is 0.267. The molecule has 0 unspecified atom stereocenters. The van der Waals surface area contributed by atoms with E-state index in [-0.39, 0.29) is 0 Å². The summed E-state index contributed by atoms with van der Waals surface area (Å²) in [6.07, 6.45) is 1.59. The van der Waals surface area contributed by atoms with Crippen LogP contribution in [0, 0.1) is 0 Å². The molecule has 1 aromatic heterocycles. The third kappa shape index (κ3) is 3.54. The number of carbonyl (C=O) groups is 1. The van der Waals surface area contributed by atoms with Gasteiger partial charge in [0.2, 0.25) is 0 Å². The van der Waals surface area contributed by atoms with Crippen LogP contribution >= 0.6 is 0 Å². The van der Waals surface area contributed by atoms with Crippen LogP contribution in [0.3, 0.4) is 0 Å². The molecule has 0 aliphatic carbocycles. The maximum atomic E-state index is 11.2. The second kappa shape index (κ2) is 6.65. The molecule has 2 aromatic rings. The molecular formula is C15H19N3O2. The Bertz CT molecular complexity index is 578. The monoisotopic (exact) mass is 273 g/mol. The quantitative estimate of drug-likeness (QED) is 0.878. The van der Waals surface area contributed by atoms with Gasteiger partial charge in [-0.25, -0.2) is 4.79 Å². The van der Waals surface area contributed by atoms with Gasteiger partial charge in [-0.05, 0) is 37.3 Å². The number of ether oxygens (including phenoxy) is 1. The molecule has 0 aliphatic heterocycles. The van der Waals surface area contributed by atoms with E-state index in [0.717, 1.165) is 18.8 Å². The zero-order valence-corrected chi connectivity index (χ0v) is 11.7. The van der Waals surface area contributed by atoms with Gasteiger partial charge < -0.3 is 14.6 Å². The molecule has 0 fully saturated rings. The first-order chi connectivity index (χ1) is 9.72. The number of anilines is 2. The Kier molecular flexibility index (Phi) is 4.65. The summed E-state index contributed by atoms with van der Waals surface area (Å²) < 4.78 is 6.75. The number of hydrogen-bond donors (Lipinski definition) is 2. The molecule has 1 heterocycles. The Balaban J connectivity index is 1.99. The molecule has 0 bridgehead atoms. The Morgan fingerprint density at radius 3 is 2.80 bits per heavy atom. The van der Waals surface area contributed by atoms with Crippen molar-refractivity contribution in [3.63, 3.8) is 0 Å². The number of nitrogens with zero attached hydrogens (tertiary/aromatic N) is 1. The average Bonchev–Trinajstić information content (AvgIpc) is 2.93. The summed E-state index contributed by atoms with van der Waals surface area (Å²) in [6, 6.07) is 11.7. The lowest BCUT2D eigenvalue weighted by Gasteiger charge is -2.10. The maximum Gasteiger partial charge on any atom is 0.411 e. The second-order valence-electron chi connectivity index (χ2n) is 4.34. The summed E-state index contributed by atoms with van der Waals surface area (Å²) in [7, 11) is 1.34. The number of methoxy groups -OCH3 is 1. The molecule has 5 heteroatoms. The molecule has 106 valence electrons. The second-order valence-corrected chi connectivity index (χ2v) is 4.34. The normalized spacial score (nSPS) is 10.1. The van der Waals surface area contributed by atoms with E-state index in [4.69, 9.17) is 0 Å². The van der Waals surface area contributed by atoms with E-state index >= 15 is 0 Å². The molecular weight excluding hydrogens is 254 g/mol. The number of amides is 1. The first kappa shape index (κ1) is 14.0. The van der Waals surface area contributed by atoms with Gasteiger partial charge in [-0.1, -0.05) is 6.07 Å². The average molecular weight is 273 g/mol. The molecule has 0 spiro atoms. The highest BCUT2D eigenvalue weighted by atomic mass is 16.5. The predicted molar refractivity (Wildman–Crippen MR) is 79.9 cm³/mol. The lowest BCUT2D eigenvalue weighted by atomic mass is 10.2. The number of benzene rings is 1. The molecule has 0 saturated heterocycles. The summed E-state index contributed by atoms with van der Waals surface area (Å²) in [5.74, 6) is 0. The number of aromatic nitrogens is 1. The zero-order chi connectivity index (χ0) is 14.4. The Morgan fingerprint density at radius 2 is 2.05 bits per heavy atom. The van der Waals surface area contributed by atoms with Gasteiger partial charge in [-0.2, -0.15) is 0 Å². The first-order valence-electron chi connectivity index (χ1n) is 6.56. The van der Waals surface area contributed by atoms with Gasteiger partial charge in [0.15, 0.2) is 0 Å². The highest BCUT2D eigenvalue weighted by Crippen LogP contribution is 2.16. The smallest absolute Gasteiger partial charge is 0.411 e. The molecule has 20 heavy (non-hydrogen) atoms. The van der Waals surface area contributed by atoms with Crippen LogP contribution in [0.4, 0.5) is 16.2 Å². The van der Waals surface area contributed by atoms with Crippen molar-refractivity contribution in [2.75, 3.05) is 17.7 Å². The van der Waals surface area contributed by atoms with E-state index in [0.29, 0.717) is 5.69 Å². The summed E-state index contributed by atoms with van der Waals surface area (Å²) in [4.78, 5) is 11.2.